The van der Waals surface area contributed by atoms with Crippen LogP contribution in [-0.4, -0.2) is 31.5 Å². The predicted octanol–water partition coefficient (Wildman–Crippen LogP) is 1.92. The van der Waals surface area contributed by atoms with Crippen molar-refractivity contribution in [3.05, 3.63) is 53.7 Å². The van der Waals surface area contributed by atoms with E-state index in [1.165, 1.54) is 6.07 Å². The number of halogens is 2. The van der Waals surface area contributed by atoms with E-state index in [4.69, 9.17) is 0 Å². The number of rotatable bonds is 1. The second kappa shape index (κ2) is 4.52. The van der Waals surface area contributed by atoms with Gasteiger partial charge in [-0.25, -0.2) is 17.2 Å². The number of hydrogen-bond acceptors (Lipinski definition) is 3. The molecule has 0 radical (unpaired) electrons. The Bertz CT molecular complexity index is 767. The molecule has 2 aliphatic rings. The molecule has 1 aromatic carbocycles. The summed E-state index contributed by atoms with van der Waals surface area (Å²) in [6.07, 6.45) is 5.05. The van der Waals surface area contributed by atoms with Gasteiger partial charge in [-0.15, -0.1) is 4.40 Å². The molecule has 0 N–H and O–H groups in total. The number of hydrogen-bond donors (Lipinski definition) is 0. The zero-order valence-corrected chi connectivity index (χ0v) is 11.1. The molecule has 20 heavy (non-hydrogen) atoms. The monoisotopic (exact) mass is 296 g/mol. The molecule has 3 rings (SSSR count). The van der Waals surface area contributed by atoms with Gasteiger partial charge in [0.05, 0.1) is 5.75 Å². The highest BCUT2D eigenvalue weighted by atomic mass is 32.2. The van der Waals surface area contributed by atoms with Crippen LogP contribution < -0.4 is 0 Å². The molecule has 0 aromatic heterocycles. The maximum Gasteiger partial charge on any atom is 0.256 e. The molecule has 0 spiro atoms. The molecule has 0 aliphatic carbocycles. The van der Waals surface area contributed by atoms with Gasteiger partial charge in [0.2, 0.25) is 0 Å². The van der Waals surface area contributed by atoms with Crippen LogP contribution >= 0.6 is 0 Å². The van der Waals surface area contributed by atoms with Gasteiger partial charge in [-0.3, -0.25) is 0 Å². The highest BCUT2D eigenvalue weighted by Crippen LogP contribution is 2.26. The average Bonchev–Trinajstić information content (AvgIpc) is 2.40. The van der Waals surface area contributed by atoms with Crippen LogP contribution in [0.2, 0.25) is 0 Å². The number of allylic oxidation sites excluding steroid dienone is 2. The molecule has 0 saturated carbocycles. The minimum atomic E-state index is -3.51. The second-order valence-electron chi connectivity index (χ2n) is 4.45. The quantitative estimate of drug-likeness (QED) is 0.795. The lowest BCUT2D eigenvalue weighted by Gasteiger charge is -2.29. The third-order valence-electron chi connectivity index (χ3n) is 3.09. The lowest BCUT2D eigenvalue weighted by atomic mass is 10.0. The summed E-state index contributed by atoms with van der Waals surface area (Å²) in [6, 6.07) is 3.43. The van der Waals surface area contributed by atoms with Gasteiger partial charge in [0, 0.05) is 18.3 Å². The molecule has 0 saturated heterocycles. The van der Waals surface area contributed by atoms with Crippen molar-refractivity contribution in [2.75, 3.05) is 12.3 Å². The lowest BCUT2D eigenvalue weighted by molar-refractivity contribution is 0.508. The zero-order valence-electron chi connectivity index (χ0n) is 10.3. The van der Waals surface area contributed by atoms with Crippen LogP contribution in [0.1, 0.15) is 5.56 Å². The maximum absolute atomic E-state index is 13.3. The number of sulfonamides is 1. The SMILES string of the molecule is O=S1(=O)CCN2C=CC=C(c3ccc(F)c(F)c3)C2=N1. The van der Waals surface area contributed by atoms with Crippen LogP contribution in [0.25, 0.3) is 5.57 Å². The molecule has 1 aromatic rings. The van der Waals surface area contributed by atoms with E-state index < -0.39 is 21.7 Å². The number of amidine groups is 1. The summed E-state index contributed by atoms with van der Waals surface area (Å²) in [5, 5.41) is 0. The van der Waals surface area contributed by atoms with E-state index >= 15 is 0 Å². The van der Waals surface area contributed by atoms with Gasteiger partial charge < -0.3 is 4.90 Å². The van der Waals surface area contributed by atoms with Crippen LogP contribution in [0, 0.1) is 11.6 Å². The van der Waals surface area contributed by atoms with Crippen LogP contribution in [-0.2, 0) is 10.0 Å². The molecule has 2 heterocycles. The summed E-state index contributed by atoms with van der Waals surface area (Å²) in [6.45, 7) is 0.290. The van der Waals surface area contributed by atoms with Crippen LogP contribution in [0.5, 0.6) is 0 Å². The first-order chi connectivity index (χ1) is 9.46. The molecule has 4 nitrogen and oxygen atoms in total. The van der Waals surface area contributed by atoms with Crippen molar-refractivity contribution in [1.82, 2.24) is 4.90 Å². The first-order valence-electron chi connectivity index (χ1n) is 5.90. The smallest absolute Gasteiger partial charge is 0.256 e. The molecule has 0 unspecified atom stereocenters. The third kappa shape index (κ3) is 2.24. The highest BCUT2D eigenvalue weighted by molar-refractivity contribution is 7.90. The first kappa shape index (κ1) is 13.0. The van der Waals surface area contributed by atoms with Gasteiger partial charge in [-0.05, 0) is 29.8 Å². The Balaban J connectivity index is 2.12. The summed E-state index contributed by atoms with van der Waals surface area (Å²) < 4.78 is 53.2. The summed E-state index contributed by atoms with van der Waals surface area (Å²) >= 11 is 0. The van der Waals surface area contributed by atoms with Gasteiger partial charge in [-0.1, -0.05) is 6.07 Å². The van der Waals surface area contributed by atoms with Crippen LogP contribution in [0.3, 0.4) is 0 Å². The number of nitrogens with zero attached hydrogens (tertiary/aromatic N) is 2. The molecule has 0 atom stereocenters. The van der Waals surface area contributed by atoms with E-state index in [-0.39, 0.29) is 11.6 Å². The fraction of sp³-hybridized carbons (Fsp3) is 0.154. The van der Waals surface area contributed by atoms with E-state index in [1.807, 2.05) is 0 Å². The number of fused-ring (bicyclic) bond motifs is 1. The van der Waals surface area contributed by atoms with Gasteiger partial charge in [0.15, 0.2) is 17.5 Å². The Kier molecular flexibility index (Phi) is 2.93. The largest absolute Gasteiger partial charge is 0.331 e. The number of benzene rings is 1. The van der Waals surface area contributed by atoms with Crippen LogP contribution in [0.4, 0.5) is 8.78 Å². The molecule has 104 valence electrons. The maximum atomic E-state index is 13.3. The first-order valence-corrected chi connectivity index (χ1v) is 7.51. The van der Waals surface area contributed by atoms with Crippen LogP contribution in [0.15, 0.2) is 40.9 Å². The normalized spacial score (nSPS) is 20.2. The van der Waals surface area contributed by atoms with E-state index in [0.29, 0.717) is 17.7 Å². The molecule has 0 amide bonds. The highest BCUT2D eigenvalue weighted by Gasteiger charge is 2.27. The van der Waals surface area contributed by atoms with Crippen molar-refractivity contribution in [1.29, 1.82) is 0 Å². The van der Waals surface area contributed by atoms with Gasteiger partial charge in [0.1, 0.15) is 0 Å². The summed E-state index contributed by atoms with van der Waals surface area (Å²) in [5.41, 5.74) is 0.837. The fourth-order valence-electron chi connectivity index (χ4n) is 2.11. The minimum absolute atomic E-state index is 0.0636. The van der Waals surface area contributed by atoms with Crippen molar-refractivity contribution in [3.8, 4) is 0 Å². The molecule has 0 bridgehead atoms. The molecule has 7 heteroatoms. The Morgan fingerprint density at radius 1 is 1.20 bits per heavy atom. The summed E-state index contributed by atoms with van der Waals surface area (Å²) in [5.74, 6) is -1.75. The Morgan fingerprint density at radius 2 is 2.00 bits per heavy atom. The minimum Gasteiger partial charge on any atom is -0.331 e. The van der Waals surface area contributed by atoms with Gasteiger partial charge in [0.25, 0.3) is 10.0 Å². The van der Waals surface area contributed by atoms with Gasteiger partial charge in [-0.2, -0.15) is 0 Å². The van der Waals surface area contributed by atoms with Crippen molar-refractivity contribution in [2.45, 2.75) is 0 Å². The van der Waals surface area contributed by atoms with Crippen molar-refractivity contribution >= 4 is 21.4 Å². The summed E-state index contributed by atoms with van der Waals surface area (Å²) in [7, 11) is -3.51. The van der Waals surface area contributed by atoms with E-state index in [1.54, 1.807) is 23.3 Å². The Morgan fingerprint density at radius 3 is 2.75 bits per heavy atom. The van der Waals surface area contributed by atoms with Crippen molar-refractivity contribution < 1.29 is 17.2 Å². The molecular weight excluding hydrogens is 286 g/mol. The van der Waals surface area contributed by atoms with Gasteiger partial charge >= 0.3 is 0 Å². The summed E-state index contributed by atoms with van der Waals surface area (Å²) in [4.78, 5) is 1.68. The predicted molar refractivity (Wildman–Crippen MR) is 71.4 cm³/mol. The fourth-order valence-corrected chi connectivity index (χ4v) is 3.09. The van der Waals surface area contributed by atoms with Crippen molar-refractivity contribution in [3.63, 3.8) is 0 Å². The average molecular weight is 296 g/mol. The zero-order chi connectivity index (χ0) is 14.3. The Labute approximate surface area is 114 Å². The standard InChI is InChI=1S/C13H10F2N2O2S/c14-11-4-3-9(8-12(11)15)10-2-1-5-17-6-7-20(18,19)16-13(10)17/h1-5,8H,6-7H2. The van der Waals surface area contributed by atoms with Crippen molar-refractivity contribution in [2.24, 2.45) is 4.40 Å². The van der Waals surface area contributed by atoms with E-state index in [2.05, 4.69) is 4.40 Å². The molecular formula is C13H10F2N2O2S. The molecule has 2 aliphatic heterocycles. The lowest BCUT2D eigenvalue weighted by Crippen LogP contribution is -2.37. The Hall–Kier alpha value is -2.02. The van der Waals surface area contributed by atoms with E-state index in [9.17, 15) is 17.2 Å². The third-order valence-corrected chi connectivity index (χ3v) is 4.24. The second-order valence-corrected chi connectivity index (χ2v) is 6.20. The molecule has 0 fully saturated rings. The topological polar surface area (TPSA) is 49.7 Å². The van der Waals surface area contributed by atoms with E-state index in [0.717, 1.165) is 12.1 Å².